The molecule has 0 radical (unpaired) electrons. The Labute approximate surface area is 252 Å². The van der Waals surface area contributed by atoms with E-state index in [9.17, 15) is 18.0 Å². The zero-order chi connectivity index (χ0) is 30.3. The van der Waals surface area contributed by atoms with E-state index in [1.54, 1.807) is 36.4 Å². The molecule has 10 heteroatoms. The van der Waals surface area contributed by atoms with Gasteiger partial charge in [-0.1, -0.05) is 79.7 Å². The Morgan fingerprint density at radius 2 is 1.62 bits per heavy atom. The Balaban J connectivity index is 1.71. The van der Waals surface area contributed by atoms with Crippen LogP contribution in [-0.4, -0.2) is 43.8 Å². The summed E-state index contributed by atoms with van der Waals surface area (Å²) in [6.07, 6.45) is 5.26. The van der Waals surface area contributed by atoms with Crippen molar-refractivity contribution in [2.45, 2.75) is 75.9 Å². The van der Waals surface area contributed by atoms with E-state index < -0.39 is 34.3 Å². The number of benzene rings is 3. The molecule has 4 rings (SSSR count). The zero-order valence-electron chi connectivity index (χ0n) is 23.9. The number of sulfonamides is 1. The van der Waals surface area contributed by atoms with E-state index in [1.165, 1.54) is 35.2 Å². The number of hydrogen-bond acceptors (Lipinski definition) is 4. The molecule has 1 aliphatic rings. The highest BCUT2D eigenvalue weighted by Gasteiger charge is 2.35. The molecule has 0 aromatic heterocycles. The summed E-state index contributed by atoms with van der Waals surface area (Å²) >= 11 is 6.08. The van der Waals surface area contributed by atoms with Crippen LogP contribution >= 0.6 is 11.6 Å². The first-order valence-corrected chi connectivity index (χ1v) is 16.1. The van der Waals surface area contributed by atoms with Crippen LogP contribution in [0.15, 0.2) is 77.7 Å². The molecule has 2 amide bonds. The molecule has 0 saturated heterocycles. The summed E-state index contributed by atoms with van der Waals surface area (Å²) in [5.41, 5.74) is 1.32. The molecule has 224 valence electrons. The molecule has 3 aromatic carbocycles. The highest BCUT2D eigenvalue weighted by atomic mass is 35.5. The van der Waals surface area contributed by atoms with Gasteiger partial charge in [0.25, 0.3) is 10.0 Å². The smallest absolute Gasteiger partial charge is 0.264 e. The van der Waals surface area contributed by atoms with Gasteiger partial charge < -0.3 is 10.2 Å². The molecule has 0 unspecified atom stereocenters. The standard InChI is InChI=1S/C32H37ClFN3O4S/c1-3-29(32(39)35-26-9-5-4-6-10-26)36(21-24-15-17-25(33)18-16-24)31(38)22-37(30-12-8-7-11-28(30)34)42(40,41)27-19-13-23(2)14-20-27/h7-8,11-20,26,29H,3-6,9-10,21-22H2,1-2H3,(H,35,39)/t29-/m0/s1. The van der Waals surface area contributed by atoms with Crippen LogP contribution < -0.4 is 9.62 Å². The molecular formula is C32H37ClFN3O4S. The van der Waals surface area contributed by atoms with Gasteiger partial charge in [-0.2, -0.15) is 0 Å². The number of anilines is 1. The van der Waals surface area contributed by atoms with Crippen molar-refractivity contribution in [1.29, 1.82) is 0 Å². The summed E-state index contributed by atoms with van der Waals surface area (Å²) < 4.78 is 43.6. The first-order chi connectivity index (χ1) is 20.1. The maximum atomic E-state index is 15.1. The number of amides is 2. The Kier molecular flexibility index (Phi) is 10.6. The molecule has 1 N–H and O–H groups in total. The van der Waals surface area contributed by atoms with Crippen molar-refractivity contribution in [3.63, 3.8) is 0 Å². The van der Waals surface area contributed by atoms with Crippen LogP contribution in [0.25, 0.3) is 0 Å². The Morgan fingerprint density at radius 3 is 2.24 bits per heavy atom. The minimum absolute atomic E-state index is 0.0320. The number of rotatable bonds is 11. The third-order valence-corrected chi connectivity index (χ3v) is 9.64. The van der Waals surface area contributed by atoms with Crippen molar-refractivity contribution in [3.05, 3.63) is 94.8 Å². The predicted molar refractivity (Wildman–Crippen MR) is 163 cm³/mol. The van der Waals surface area contributed by atoms with E-state index in [-0.39, 0.29) is 29.1 Å². The largest absolute Gasteiger partial charge is 0.352 e. The Bertz CT molecular complexity index is 1480. The van der Waals surface area contributed by atoms with Gasteiger partial charge in [-0.25, -0.2) is 12.8 Å². The monoisotopic (exact) mass is 613 g/mol. The second-order valence-corrected chi connectivity index (χ2v) is 13.0. The van der Waals surface area contributed by atoms with Crippen LogP contribution in [0.1, 0.15) is 56.6 Å². The van der Waals surface area contributed by atoms with Gasteiger partial charge in [0.1, 0.15) is 18.4 Å². The predicted octanol–water partition coefficient (Wildman–Crippen LogP) is 6.24. The van der Waals surface area contributed by atoms with Crippen molar-refractivity contribution in [1.82, 2.24) is 10.2 Å². The minimum atomic E-state index is -4.35. The first-order valence-electron chi connectivity index (χ1n) is 14.3. The third kappa shape index (κ3) is 7.69. The summed E-state index contributed by atoms with van der Waals surface area (Å²) in [5.74, 6) is -1.70. The third-order valence-electron chi connectivity index (χ3n) is 7.61. The molecule has 1 aliphatic carbocycles. The highest BCUT2D eigenvalue weighted by Crippen LogP contribution is 2.27. The number of nitrogens with zero attached hydrogens (tertiary/aromatic N) is 2. The quantitative estimate of drug-likeness (QED) is 0.277. The average Bonchev–Trinajstić information content (AvgIpc) is 2.98. The van der Waals surface area contributed by atoms with Crippen LogP contribution in [0.2, 0.25) is 5.02 Å². The fraction of sp³-hybridized carbons (Fsp3) is 0.375. The van der Waals surface area contributed by atoms with Gasteiger partial charge in [-0.15, -0.1) is 0 Å². The number of para-hydroxylation sites is 1. The zero-order valence-corrected chi connectivity index (χ0v) is 25.5. The van der Waals surface area contributed by atoms with Gasteiger partial charge in [-0.05, 0) is 68.1 Å². The lowest BCUT2D eigenvalue weighted by Crippen LogP contribution is -2.54. The van der Waals surface area contributed by atoms with Gasteiger partial charge in [-0.3, -0.25) is 13.9 Å². The van der Waals surface area contributed by atoms with Gasteiger partial charge in [0, 0.05) is 17.6 Å². The van der Waals surface area contributed by atoms with Gasteiger partial charge in [0.15, 0.2) is 0 Å². The van der Waals surface area contributed by atoms with Crippen molar-refractivity contribution in [2.75, 3.05) is 10.8 Å². The van der Waals surface area contributed by atoms with Crippen LogP contribution in [0, 0.1) is 12.7 Å². The molecule has 1 atom stereocenters. The van der Waals surface area contributed by atoms with Crippen LogP contribution in [-0.2, 0) is 26.2 Å². The van der Waals surface area contributed by atoms with E-state index in [4.69, 9.17) is 11.6 Å². The van der Waals surface area contributed by atoms with Crippen LogP contribution in [0.5, 0.6) is 0 Å². The Morgan fingerprint density at radius 1 is 0.976 bits per heavy atom. The Hall–Kier alpha value is -3.43. The second kappa shape index (κ2) is 14.2. The molecule has 0 heterocycles. The molecule has 0 bridgehead atoms. The second-order valence-electron chi connectivity index (χ2n) is 10.7. The number of aryl methyl sites for hydroxylation is 1. The molecule has 7 nitrogen and oxygen atoms in total. The average molecular weight is 614 g/mol. The minimum Gasteiger partial charge on any atom is -0.352 e. The topological polar surface area (TPSA) is 86.8 Å². The van der Waals surface area contributed by atoms with Gasteiger partial charge in [0.05, 0.1) is 10.6 Å². The summed E-state index contributed by atoms with van der Waals surface area (Å²) in [6.45, 7) is 2.98. The fourth-order valence-corrected chi connectivity index (χ4v) is 6.80. The number of nitrogens with one attached hydrogen (secondary N) is 1. The highest BCUT2D eigenvalue weighted by molar-refractivity contribution is 7.92. The molecule has 42 heavy (non-hydrogen) atoms. The number of carbonyl (C=O) groups is 2. The molecule has 0 spiro atoms. The summed E-state index contributed by atoms with van der Waals surface area (Å²) in [7, 11) is -4.35. The molecular weight excluding hydrogens is 577 g/mol. The van der Waals surface area contributed by atoms with Crippen LogP contribution in [0.3, 0.4) is 0 Å². The van der Waals surface area contributed by atoms with Crippen LogP contribution in [0.4, 0.5) is 10.1 Å². The fourth-order valence-electron chi connectivity index (χ4n) is 5.26. The summed E-state index contributed by atoms with van der Waals surface area (Å²) in [6, 6.07) is 17.6. The molecule has 1 fully saturated rings. The van der Waals surface area contributed by atoms with E-state index in [0.29, 0.717) is 11.4 Å². The van der Waals surface area contributed by atoms with Crippen molar-refractivity contribution in [3.8, 4) is 0 Å². The summed E-state index contributed by atoms with van der Waals surface area (Å²) in [5, 5.41) is 3.63. The van der Waals surface area contributed by atoms with Crippen molar-refractivity contribution < 1.29 is 22.4 Å². The SMILES string of the molecule is CC[C@@H](C(=O)NC1CCCCC1)N(Cc1ccc(Cl)cc1)C(=O)CN(c1ccccc1F)S(=O)(=O)c1ccc(C)cc1. The molecule has 1 saturated carbocycles. The van der Waals surface area contributed by atoms with Crippen molar-refractivity contribution in [2.24, 2.45) is 0 Å². The lowest BCUT2D eigenvalue weighted by molar-refractivity contribution is -0.140. The molecule has 0 aliphatic heterocycles. The summed E-state index contributed by atoms with van der Waals surface area (Å²) in [4.78, 5) is 29.0. The maximum Gasteiger partial charge on any atom is 0.264 e. The van der Waals surface area contributed by atoms with Gasteiger partial charge in [0.2, 0.25) is 11.8 Å². The van der Waals surface area contributed by atoms with E-state index >= 15 is 4.39 Å². The molecule has 3 aromatic rings. The normalized spacial score (nSPS) is 14.7. The van der Waals surface area contributed by atoms with Crippen molar-refractivity contribution >= 4 is 39.1 Å². The van der Waals surface area contributed by atoms with E-state index in [2.05, 4.69) is 5.32 Å². The number of halogens is 2. The maximum absolute atomic E-state index is 15.1. The number of hydrogen-bond donors (Lipinski definition) is 1. The van der Waals surface area contributed by atoms with E-state index in [0.717, 1.165) is 53.6 Å². The van der Waals surface area contributed by atoms with E-state index in [1.807, 2.05) is 13.8 Å². The van der Waals surface area contributed by atoms with Gasteiger partial charge >= 0.3 is 0 Å². The number of carbonyl (C=O) groups excluding carboxylic acids is 2. The lowest BCUT2D eigenvalue weighted by Gasteiger charge is -2.34. The first kappa shape index (κ1) is 31.5. The lowest BCUT2D eigenvalue weighted by atomic mass is 9.95.